The Bertz CT molecular complexity index is 229. The maximum atomic E-state index is 6.06. The zero-order valence-electron chi connectivity index (χ0n) is 10.2. The summed E-state index contributed by atoms with van der Waals surface area (Å²) in [6, 6.07) is 0. The predicted octanol–water partition coefficient (Wildman–Crippen LogP) is 2.96. The van der Waals surface area contributed by atoms with E-state index in [2.05, 4.69) is 41.5 Å². The molecule has 2 nitrogen and oxygen atoms in total. The van der Waals surface area contributed by atoms with Crippen molar-refractivity contribution in [3.8, 4) is 0 Å². The van der Waals surface area contributed by atoms with E-state index in [0.29, 0.717) is 12.2 Å². The summed E-state index contributed by atoms with van der Waals surface area (Å²) in [5.74, 6) is -0.336. The molecule has 2 fully saturated rings. The van der Waals surface area contributed by atoms with Gasteiger partial charge in [-0.1, -0.05) is 27.7 Å². The van der Waals surface area contributed by atoms with E-state index in [4.69, 9.17) is 9.47 Å². The minimum atomic E-state index is -0.336. The molecule has 0 radical (unpaired) electrons. The third-order valence-electron chi connectivity index (χ3n) is 4.54. The molecular weight excluding hydrogens is 176 g/mol. The van der Waals surface area contributed by atoms with Crippen LogP contribution in [-0.4, -0.2) is 18.0 Å². The van der Waals surface area contributed by atoms with Crippen molar-refractivity contribution in [1.29, 1.82) is 0 Å². The molecule has 82 valence electrons. The molecule has 2 heteroatoms. The average Bonchev–Trinajstić information content (AvgIpc) is 2.27. The van der Waals surface area contributed by atoms with Crippen molar-refractivity contribution in [3.05, 3.63) is 0 Å². The molecule has 1 heterocycles. The minimum absolute atomic E-state index is 0.128. The second-order valence-corrected chi connectivity index (χ2v) is 5.96. The second-order valence-electron chi connectivity index (χ2n) is 5.96. The first kappa shape index (κ1) is 10.4. The van der Waals surface area contributed by atoms with Crippen molar-refractivity contribution in [3.63, 3.8) is 0 Å². The van der Waals surface area contributed by atoms with Crippen LogP contribution in [0.2, 0.25) is 0 Å². The number of ether oxygens (including phenoxy) is 2. The van der Waals surface area contributed by atoms with Crippen LogP contribution in [0.5, 0.6) is 0 Å². The predicted molar refractivity (Wildman–Crippen MR) is 56.0 cm³/mol. The summed E-state index contributed by atoms with van der Waals surface area (Å²) in [6.07, 6.45) is 1.65. The lowest BCUT2D eigenvalue weighted by molar-refractivity contribution is -0.282. The van der Waals surface area contributed by atoms with Gasteiger partial charge in [0.2, 0.25) is 0 Å². The summed E-state index contributed by atoms with van der Waals surface area (Å²) in [4.78, 5) is 0. The third kappa shape index (κ3) is 0.938. The van der Waals surface area contributed by atoms with E-state index in [0.717, 1.165) is 6.42 Å². The van der Waals surface area contributed by atoms with Crippen LogP contribution < -0.4 is 0 Å². The molecule has 0 amide bonds. The number of hydrogen-bond acceptors (Lipinski definition) is 2. The topological polar surface area (TPSA) is 18.5 Å². The zero-order chi connectivity index (χ0) is 10.8. The molecule has 0 bridgehead atoms. The van der Waals surface area contributed by atoms with E-state index in [9.17, 15) is 0 Å². The fourth-order valence-electron chi connectivity index (χ4n) is 2.96. The van der Waals surface area contributed by atoms with Gasteiger partial charge in [-0.3, -0.25) is 0 Å². The monoisotopic (exact) mass is 198 g/mol. The molecule has 2 atom stereocenters. The molecule has 1 spiro atoms. The average molecular weight is 198 g/mol. The van der Waals surface area contributed by atoms with Crippen LogP contribution in [0.15, 0.2) is 0 Å². The Balaban J connectivity index is 2.27. The smallest absolute Gasteiger partial charge is 0.180 e. The minimum Gasteiger partial charge on any atom is -0.346 e. The van der Waals surface area contributed by atoms with E-state index >= 15 is 0 Å². The van der Waals surface area contributed by atoms with E-state index in [-0.39, 0.29) is 16.6 Å². The molecular formula is C12H22O2. The fraction of sp³-hybridized carbons (Fsp3) is 1.00. The zero-order valence-corrected chi connectivity index (χ0v) is 10.2. The first-order valence-electron chi connectivity index (χ1n) is 5.60. The van der Waals surface area contributed by atoms with Crippen LogP contribution in [0, 0.1) is 10.8 Å². The first-order valence-corrected chi connectivity index (χ1v) is 5.60. The van der Waals surface area contributed by atoms with Crippen LogP contribution >= 0.6 is 0 Å². The van der Waals surface area contributed by atoms with E-state index in [1.807, 2.05) is 0 Å². The summed E-state index contributed by atoms with van der Waals surface area (Å²) in [6.45, 7) is 13.2. The van der Waals surface area contributed by atoms with Gasteiger partial charge in [-0.2, -0.15) is 0 Å². The van der Waals surface area contributed by atoms with Gasteiger partial charge in [0.05, 0.1) is 12.2 Å². The Hall–Kier alpha value is -0.0800. The second kappa shape index (κ2) is 2.53. The highest BCUT2D eigenvalue weighted by Crippen LogP contribution is 2.75. The molecule has 1 saturated heterocycles. The van der Waals surface area contributed by atoms with Crippen LogP contribution in [0.1, 0.15) is 48.0 Å². The van der Waals surface area contributed by atoms with Crippen LogP contribution in [0.25, 0.3) is 0 Å². The molecule has 1 saturated carbocycles. The Kier molecular flexibility index (Phi) is 1.89. The molecule has 14 heavy (non-hydrogen) atoms. The molecule has 2 rings (SSSR count). The quantitative estimate of drug-likeness (QED) is 0.596. The van der Waals surface area contributed by atoms with Crippen molar-refractivity contribution >= 4 is 0 Å². The first-order chi connectivity index (χ1) is 6.24. The van der Waals surface area contributed by atoms with Gasteiger partial charge >= 0.3 is 0 Å². The normalized spacial score (nSPS) is 42.4. The third-order valence-corrected chi connectivity index (χ3v) is 4.54. The van der Waals surface area contributed by atoms with Gasteiger partial charge in [-0.15, -0.1) is 0 Å². The summed E-state index contributed by atoms with van der Waals surface area (Å²) in [5, 5.41) is 0. The standard InChI is InChI=1S/C12H22O2/c1-8-7-9(2)14-12(13-8)10(3,4)11(12,5)6/h8-9H,7H2,1-6H3/t8-,9-/m0/s1. The number of hydrogen-bond donors (Lipinski definition) is 0. The van der Waals surface area contributed by atoms with Crippen molar-refractivity contribution in [2.24, 2.45) is 10.8 Å². The summed E-state index contributed by atoms with van der Waals surface area (Å²) in [7, 11) is 0. The van der Waals surface area contributed by atoms with E-state index in [1.54, 1.807) is 0 Å². The highest BCUT2D eigenvalue weighted by molar-refractivity contribution is 5.23. The maximum absolute atomic E-state index is 6.06. The molecule has 0 aromatic heterocycles. The SMILES string of the molecule is C[C@H]1C[C@H](C)OC2(O1)C(C)(C)C2(C)C. The van der Waals surface area contributed by atoms with Gasteiger partial charge in [0.1, 0.15) is 0 Å². The lowest BCUT2D eigenvalue weighted by atomic mass is 10.0. The summed E-state index contributed by atoms with van der Waals surface area (Å²) >= 11 is 0. The highest BCUT2D eigenvalue weighted by atomic mass is 16.7. The van der Waals surface area contributed by atoms with Crippen molar-refractivity contribution in [2.75, 3.05) is 0 Å². The van der Waals surface area contributed by atoms with Gasteiger partial charge in [-0.25, -0.2) is 0 Å². The molecule has 2 aliphatic rings. The van der Waals surface area contributed by atoms with Crippen LogP contribution in [0.4, 0.5) is 0 Å². The van der Waals surface area contributed by atoms with E-state index < -0.39 is 0 Å². The van der Waals surface area contributed by atoms with Gasteiger partial charge in [-0.05, 0) is 20.3 Å². The molecule has 0 aromatic rings. The Morgan fingerprint density at radius 1 is 0.857 bits per heavy atom. The lowest BCUT2D eigenvalue weighted by Crippen LogP contribution is -2.41. The Labute approximate surface area is 87.0 Å². The Morgan fingerprint density at radius 2 is 1.21 bits per heavy atom. The van der Waals surface area contributed by atoms with Gasteiger partial charge in [0, 0.05) is 10.8 Å². The van der Waals surface area contributed by atoms with Gasteiger partial charge in [0.25, 0.3) is 0 Å². The molecule has 1 aliphatic heterocycles. The lowest BCUT2D eigenvalue weighted by Gasteiger charge is -2.36. The van der Waals surface area contributed by atoms with Crippen LogP contribution in [-0.2, 0) is 9.47 Å². The molecule has 0 aromatic carbocycles. The molecule has 0 N–H and O–H groups in total. The molecule has 1 aliphatic carbocycles. The van der Waals surface area contributed by atoms with Crippen molar-refractivity contribution in [2.45, 2.75) is 66.0 Å². The fourth-order valence-corrected chi connectivity index (χ4v) is 2.96. The maximum Gasteiger partial charge on any atom is 0.180 e. The van der Waals surface area contributed by atoms with Crippen molar-refractivity contribution < 1.29 is 9.47 Å². The summed E-state index contributed by atoms with van der Waals surface area (Å²) < 4.78 is 12.1. The van der Waals surface area contributed by atoms with Gasteiger partial charge < -0.3 is 9.47 Å². The van der Waals surface area contributed by atoms with Crippen LogP contribution in [0.3, 0.4) is 0 Å². The number of rotatable bonds is 0. The highest BCUT2D eigenvalue weighted by Gasteiger charge is 2.81. The Morgan fingerprint density at radius 3 is 1.50 bits per heavy atom. The van der Waals surface area contributed by atoms with E-state index in [1.165, 1.54) is 0 Å². The largest absolute Gasteiger partial charge is 0.346 e. The summed E-state index contributed by atoms with van der Waals surface area (Å²) in [5.41, 5.74) is 0.256. The van der Waals surface area contributed by atoms with Crippen molar-refractivity contribution in [1.82, 2.24) is 0 Å². The molecule has 0 unspecified atom stereocenters. The van der Waals surface area contributed by atoms with Gasteiger partial charge in [0.15, 0.2) is 5.79 Å².